The molecule has 2 amide bonds. The number of fused-ring (bicyclic) bond motifs is 5. The van der Waals surface area contributed by atoms with E-state index in [1.54, 1.807) is 0 Å². The van der Waals surface area contributed by atoms with Crippen LogP contribution in [-0.4, -0.2) is 28.5 Å². The molecule has 0 unspecified atom stereocenters. The van der Waals surface area contributed by atoms with Crippen LogP contribution in [0.3, 0.4) is 0 Å². The number of esters is 1. The fourth-order valence-corrected chi connectivity index (χ4v) is 8.62. The van der Waals surface area contributed by atoms with Gasteiger partial charge in [0.15, 0.2) is 5.78 Å². The zero-order valence-corrected chi connectivity index (χ0v) is 26.7. The van der Waals surface area contributed by atoms with Crippen LogP contribution < -0.4 is 9.64 Å². The van der Waals surface area contributed by atoms with Crippen LogP contribution in [0.2, 0.25) is 0 Å². The molecule has 1 heterocycles. The van der Waals surface area contributed by atoms with Gasteiger partial charge < -0.3 is 4.74 Å². The van der Waals surface area contributed by atoms with E-state index in [0.717, 1.165) is 29.0 Å². The number of hydrogen-bond acceptors (Lipinski definition) is 7. The number of nitrogens with zero attached hydrogens (tertiary/aromatic N) is 2. The van der Waals surface area contributed by atoms with Crippen LogP contribution in [0, 0.1) is 22.0 Å². The van der Waals surface area contributed by atoms with Gasteiger partial charge in [-0.05, 0) is 45.5 Å². The molecule has 2 aliphatic carbocycles. The molecular formula is C41H28N2O7. The van der Waals surface area contributed by atoms with Gasteiger partial charge in [0.2, 0.25) is 17.6 Å². The molecule has 0 spiro atoms. The summed E-state index contributed by atoms with van der Waals surface area (Å²) < 4.78 is 5.06. The molecule has 8 rings (SSSR count). The number of ketones is 1. The summed E-state index contributed by atoms with van der Waals surface area (Å²) in [5.41, 5.74) is 0.0347. The van der Waals surface area contributed by atoms with Crippen molar-refractivity contribution < 1.29 is 28.8 Å². The summed E-state index contributed by atoms with van der Waals surface area (Å²) in [5.74, 6) is -5.04. The Morgan fingerprint density at radius 3 is 1.48 bits per heavy atom. The van der Waals surface area contributed by atoms with E-state index in [1.165, 1.54) is 12.1 Å². The maximum Gasteiger partial charge on any atom is 0.313 e. The van der Waals surface area contributed by atoms with E-state index in [2.05, 4.69) is 0 Å². The van der Waals surface area contributed by atoms with Crippen molar-refractivity contribution in [3.8, 4) is 5.75 Å². The van der Waals surface area contributed by atoms with Crippen molar-refractivity contribution >= 4 is 46.1 Å². The topological polar surface area (TPSA) is 124 Å². The Hall–Kier alpha value is -6.48. The minimum absolute atomic E-state index is 0.0576. The molecular weight excluding hydrogens is 632 g/mol. The van der Waals surface area contributed by atoms with Gasteiger partial charge in [-0.2, -0.15) is 0 Å². The predicted octanol–water partition coefficient (Wildman–Crippen LogP) is 6.71. The third-order valence-electron chi connectivity index (χ3n) is 10.2. The molecule has 1 aliphatic heterocycles. The molecule has 1 saturated heterocycles. The number of amides is 2. The van der Waals surface area contributed by atoms with Crippen LogP contribution in [-0.2, 0) is 30.0 Å². The Balaban J connectivity index is 1.48. The van der Waals surface area contributed by atoms with E-state index in [9.17, 15) is 14.9 Å². The van der Waals surface area contributed by atoms with E-state index in [4.69, 9.17) is 4.74 Å². The summed E-state index contributed by atoms with van der Waals surface area (Å²) >= 11 is 0. The molecule has 2 fully saturated rings. The normalized spacial score (nSPS) is 23.7. The van der Waals surface area contributed by atoms with Crippen LogP contribution in [0.15, 0.2) is 140 Å². The van der Waals surface area contributed by atoms with Crippen molar-refractivity contribution in [2.75, 3.05) is 4.90 Å². The number of benzene rings is 5. The highest BCUT2D eigenvalue weighted by molar-refractivity contribution is 6.39. The molecule has 1 saturated carbocycles. The van der Waals surface area contributed by atoms with Gasteiger partial charge >= 0.3 is 11.7 Å². The number of anilines is 1. The van der Waals surface area contributed by atoms with Crippen molar-refractivity contribution in [3.63, 3.8) is 0 Å². The third-order valence-corrected chi connectivity index (χ3v) is 10.2. The Morgan fingerprint density at radius 2 is 1.08 bits per heavy atom. The van der Waals surface area contributed by atoms with Gasteiger partial charge in [-0.1, -0.05) is 121 Å². The molecule has 5 aromatic carbocycles. The van der Waals surface area contributed by atoms with Crippen molar-refractivity contribution in [1.29, 1.82) is 0 Å². The monoisotopic (exact) mass is 660 g/mol. The molecule has 9 nitrogen and oxygen atoms in total. The molecule has 0 radical (unpaired) electrons. The predicted molar refractivity (Wildman–Crippen MR) is 185 cm³/mol. The van der Waals surface area contributed by atoms with Gasteiger partial charge in [0.1, 0.15) is 0 Å². The second-order valence-electron chi connectivity index (χ2n) is 12.6. The summed E-state index contributed by atoms with van der Waals surface area (Å²) in [4.78, 5) is 70.2. The highest BCUT2D eigenvalue weighted by atomic mass is 16.6. The molecule has 50 heavy (non-hydrogen) atoms. The van der Waals surface area contributed by atoms with Gasteiger partial charge in [0, 0.05) is 13.0 Å². The molecule has 244 valence electrons. The number of carbonyl (C=O) groups is 4. The largest absolute Gasteiger partial charge is 0.419 e. The minimum Gasteiger partial charge on any atom is -0.419 e. The van der Waals surface area contributed by atoms with Crippen molar-refractivity contribution in [2.45, 2.75) is 17.8 Å². The number of nitro groups is 1. The summed E-state index contributed by atoms with van der Waals surface area (Å²) in [6.07, 6.45) is 0. The number of rotatable bonds is 7. The van der Waals surface area contributed by atoms with E-state index in [1.807, 2.05) is 121 Å². The van der Waals surface area contributed by atoms with Crippen LogP contribution >= 0.6 is 0 Å². The van der Waals surface area contributed by atoms with Crippen molar-refractivity contribution in [2.24, 2.45) is 11.8 Å². The number of hydrogen-bond donors (Lipinski definition) is 0. The number of imide groups is 1. The van der Waals surface area contributed by atoms with Gasteiger partial charge in [-0.15, -0.1) is 0 Å². The fraction of sp³-hybridized carbons (Fsp3) is 0.122. The van der Waals surface area contributed by atoms with E-state index in [-0.39, 0.29) is 17.2 Å². The van der Waals surface area contributed by atoms with Gasteiger partial charge in [-0.25, -0.2) is 4.90 Å². The standard InChI is InChI=1S/C41H28N2O7/c1-25(44)50-32-23-22-30(24-31(32)43(48)49)42-37(45)35-36(38(42)46)41(29-20-12-5-13-21-29)34(27-16-8-3-9-17-27)33(26-14-6-2-7-15-26)40(35,39(41)47)28-18-10-4-11-19-28/h2-24,35-36H,1H3/t35-,36-,40+,41+/m1/s1. The Bertz CT molecular complexity index is 2150. The second kappa shape index (κ2) is 11.3. The van der Waals surface area contributed by atoms with E-state index in [0.29, 0.717) is 22.3 Å². The quantitative estimate of drug-likeness (QED) is 0.0625. The lowest BCUT2D eigenvalue weighted by Gasteiger charge is -2.39. The Morgan fingerprint density at radius 1 is 0.660 bits per heavy atom. The average molecular weight is 661 g/mol. The summed E-state index contributed by atoms with van der Waals surface area (Å²) in [6, 6.07) is 40.8. The first kappa shape index (κ1) is 30.8. The smallest absolute Gasteiger partial charge is 0.313 e. The first-order valence-electron chi connectivity index (χ1n) is 16.1. The third kappa shape index (κ3) is 4.00. The van der Waals surface area contributed by atoms with E-state index < -0.39 is 51.1 Å². The Kier molecular flexibility index (Phi) is 6.97. The minimum atomic E-state index is -1.61. The van der Waals surface area contributed by atoms with E-state index >= 15 is 14.4 Å². The SMILES string of the molecule is CC(=O)Oc1ccc(N2C(=O)[C@H]3[C@H](C2=O)[C@@]2(c4ccccc4)C(=O)[C@@]3(c3ccccc3)C(c3ccccc3)=C2c2ccccc2)cc1[N+](=O)[O-]. The molecule has 3 aliphatic rings. The van der Waals surface area contributed by atoms with Crippen LogP contribution in [0.25, 0.3) is 11.1 Å². The summed E-state index contributed by atoms with van der Waals surface area (Å²) in [6.45, 7) is 1.12. The lowest BCUT2D eigenvalue weighted by atomic mass is 9.59. The van der Waals surface area contributed by atoms with Crippen LogP contribution in [0.1, 0.15) is 29.2 Å². The highest BCUT2D eigenvalue weighted by Crippen LogP contribution is 2.74. The number of ether oxygens (including phenoxy) is 1. The average Bonchev–Trinajstić information content (AvgIpc) is 3.65. The molecule has 4 atom stereocenters. The first-order chi connectivity index (χ1) is 24.2. The number of allylic oxidation sites excluding steroid dienone is 2. The highest BCUT2D eigenvalue weighted by Gasteiger charge is 2.82. The second-order valence-corrected chi connectivity index (χ2v) is 12.6. The molecule has 0 N–H and O–H groups in total. The zero-order valence-electron chi connectivity index (χ0n) is 26.7. The Labute approximate surface area is 286 Å². The summed E-state index contributed by atoms with van der Waals surface area (Å²) in [7, 11) is 0. The van der Waals surface area contributed by atoms with Crippen LogP contribution in [0.5, 0.6) is 5.75 Å². The maximum absolute atomic E-state index is 15.9. The molecule has 9 heteroatoms. The number of nitro benzene ring substituents is 1. The fourth-order valence-electron chi connectivity index (χ4n) is 8.62. The molecule has 5 aromatic rings. The van der Waals surface area contributed by atoms with Gasteiger partial charge in [0.05, 0.1) is 33.3 Å². The molecule has 0 aromatic heterocycles. The van der Waals surface area contributed by atoms with Crippen LogP contribution in [0.4, 0.5) is 11.4 Å². The van der Waals surface area contributed by atoms with Gasteiger partial charge in [0.25, 0.3) is 0 Å². The number of Topliss-reactive ketones (excluding diaryl/α,β-unsaturated/α-hetero) is 1. The maximum atomic E-state index is 15.9. The number of carbonyl (C=O) groups excluding carboxylic acids is 4. The van der Waals surface area contributed by atoms with Crippen molar-refractivity contribution in [3.05, 3.63) is 172 Å². The lowest BCUT2D eigenvalue weighted by Crippen LogP contribution is -2.45. The van der Waals surface area contributed by atoms with Crippen molar-refractivity contribution in [1.82, 2.24) is 0 Å². The lowest BCUT2D eigenvalue weighted by molar-refractivity contribution is -0.385. The first-order valence-corrected chi connectivity index (χ1v) is 16.1. The zero-order chi connectivity index (χ0) is 34.8. The summed E-state index contributed by atoms with van der Waals surface area (Å²) in [5, 5.41) is 12.1. The molecule has 2 bridgehead atoms. The van der Waals surface area contributed by atoms with Gasteiger partial charge in [-0.3, -0.25) is 29.3 Å².